The molecule has 0 aliphatic rings. The molecule has 0 spiro atoms. The van der Waals surface area contributed by atoms with E-state index < -0.39 is 5.92 Å². The summed E-state index contributed by atoms with van der Waals surface area (Å²) >= 11 is 0. The first kappa shape index (κ1) is 11.5. The predicted molar refractivity (Wildman–Crippen MR) is 66.0 cm³/mol. The van der Waals surface area contributed by atoms with Crippen LogP contribution in [0.3, 0.4) is 0 Å². The molecule has 0 aliphatic heterocycles. The molecule has 3 nitrogen and oxygen atoms in total. The van der Waals surface area contributed by atoms with Gasteiger partial charge >= 0.3 is 5.97 Å². The fraction of sp³-hybridized carbons (Fsp3) is 0.214. The van der Waals surface area contributed by atoms with Crippen molar-refractivity contribution in [1.82, 2.24) is 0 Å². The van der Waals surface area contributed by atoms with Gasteiger partial charge in [0.2, 0.25) is 0 Å². The lowest BCUT2D eigenvalue weighted by Gasteiger charge is -2.12. The van der Waals surface area contributed by atoms with Gasteiger partial charge in [-0.1, -0.05) is 24.3 Å². The number of carbonyl (C=O) groups excluding carboxylic acids is 1. The highest BCUT2D eigenvalue weighted by Gasteiger charge is 2.19. The van der Waals surface area contributed by atoms with Crippen molar-refractivity contribution in [3.63, 3.8) is 0 Å². The molecular formula is C14H14O3. The standard InChI is InChI=1S/C14H14O3/c1-9(14(16)17-2)12-7-10-5-3-4-6-11(10)8-13(12)15/h3-9,15H,1-2H3. The smallest absolute Gasteiger partial charge is 0.312 e. The zero-order valence-electron chi connectivity index (χ0n) is 9.81. The number of rotatable bonds is 2. The van der Waals surface area contributed by atoms with Crippen molar-refractivity contribution < 1.29 is 14.6 Å². The summed E-state index contributed by atoms with van der Waals surface area (Å²) in [5.74, 6) is -0.693. The number of phenolic OH excluding ortho intramolecular Hbond substituents is 1. The van der Waals surface area contributed by atoms with E-state index in [1.165, 1.54) is 7.11 Å². The summed E-state index contributed by atoms with van der Waals surface area (Å²) in [6.45, 7) is 1.72. The molecule has 0 heterocycles. The molecule has 1 N–H and O–H groups in total. The lowest BCUT2D eigenvalue weighted by atomic mass is 9.97. The third-order valence-electron chi connectivity index (χ3n) is 2.92. The normalized spacial score (nSPS) is 12.4. The number of carbonyl (C=O) groups is 1. The molecule has 0 amide bonds. The molecule has 88 valence electrons. The Morgan fingerprint density at radius 2 is 1.82 bits per heavy atom. The molecule has 0 saturated heterocycles. The van der Waals surface area contributed by atoms with Crippen LogP contribution in [0.4, 0.5) is 0 Å². The molecule has 0 saturated carbocycles. The van der Waals surface area contributed by atoms with Gasteiger partial charge in [0.1, 0.15) is 5.75 Å². The Morgan fingerprint density at radius 3 is 2.41 bits per heavy atom. The van der Waals surface area contributed by atoms with E-state index in [2.05, 4.69) is 4.74 Å². The molecule has 0 radical (unpaired) electrons. The van der Waals surface area contributed by atoms with Crippen molar-refractivity contribution >= 4 is 16.7 Å². The molecule has 0 fully saturated rings. The number of fused-ring (bicyclic) bond motifs is 1. The van der Waals surface area contributed by atoms with E-state index >= 15 is 0 Å². The van der Waals surface area contributed by atoms with Crippen LogP contribution in [0.25, 0.3) is 10.8 Å². The molecule has 2 rings (SSSR count). The zero-order chi connectivity index (χ0) is 12.4. The Labute approximate surface area is 99.6 Å². The Hall–Kier alpha value is -2.03. The van der Waals surface area contributed by atoms with Crippen molar-refractivity contribution in [1.29, 1.82) is 0 Å². The van der Waals surface area contributed by atoms with Crippen molar-refractivity contribution in [2.45, 2.75) is 12.8 Å². The number of phenols is 1. The molecule has 3 heteroatoms. The first-order valence-electron chi connectivity index (χ1n) is 5.43. The maximum atomic E-state index is 11.5. The highest BCUT2D eigenvalue weighted by Crippen LogP contribution is 2.31. The first-order valence-corrected chi connectivity index (χ1v) is 5.43. The largest absolute Gasteiger partial charge is 0.508 e. The molecule has 1 unspecified atom stereocenters. The van der Waals surface area contributed by atoms with Gasteiger partial charge in [-0.2, -0.15) is 0 Å². The van der Waals surface area contributed by atoms with Crippen LogP contribution in [0.15, 0.2) is 36.4 Å². The highest BCUT2D eigenvalue weighted by molar-refractivity contribution is 5.87. The number of ether oxygens (including phenoxy) is 1. The molecule has 0 bridgehead atoms. The molecule has 17 heavy (non-hydrogen) atoms. The number of esters is 1. The van der Waals surface area contributed by atoms with Crippen LogP contribution < -0.4 is 0 Å². The fourth-order valence-electron chi connectivity index (χ4n) is 1.90. The number of hydrogen-bond acceptors (Lipinski definition) is 3. The maximum Gasteiger partial charge on any atom is 0.312 e. The van der Waals surface area contributed by atoms with E-state index in [9.17, 15) is 9.90 Å². The van der Waals surface area contributed by atoms with Gasteiger partial charge in [-0.05, 0) is 29.8 Å². The van der Waals surface area contributed by atoms with E-state index in [-0.39, 0.29) is 11.7 Å². The van der Waals surface area contributed by atoms with Gasteiger partial charge in [-0.25, -0.2) is 0 Å². The Balaban J connectivity index is 2.54. The van der Waals surface area contributed by atoms with Crippen molar-refractivity contribution in [2.24, 2.45) is 0 Å². The lowest BCUT2D eigenvalue weighted by molar-refractivity contribution is -0.142. The average Bonchev–Trinajstić information content (AvgIpc) is 2.36. The molecular weight excluding hydrogens is 216 g/mol. The lowest BCUT2D eigenvalue weighted by Crippen LogP contribution is -2.10. The molecule has 0 aliphatic carbocycles. The van der Waals surface area contributed by atoms with E-state index in [4.69, 9.17) is 0 Å². The molecule has 0 aromatic heterocycles. The maximum absolute atomic E-state index is 11.5. The van der Waals surface area contributed by atoms with Crippen LogP contribution in [0.5, 0.6) is 5.75 Å². The van der Waals surface area contributed by atoms with Gasteiger partial charge in [0.25, 0.3) is 0 Å². The van der Waals surface area contributed by atoms with Gasteiger partial charge in [-0.3, -0.25) is 4.79 Å². The van der Waals surface area contributed by atoms with Gasteiger partial charge in [0, 0.05) is 5.56 Å². The van der Waals surface area contributed by atoms with Crippen molar-refractivity contribution in [3.05, 3.63) is 42.0 Å². The first-order chi connectivity index (χ1) is 8.13. The number of hydrogen-bond donors (Lipinski definition) is 1. The minimum Gasteiger partial charge on any atom is -0.508 e. The Kier molecular flexibility index (Phi) is 3.00. The third-order valence-corrected chi connectivity index (χ3v) is 2.92. The second kappa shape index (κ2) is 4.45. The monoisotopic (exact) mass is 230 g/mol. The summed E-state index contributed by atoms with van der Waals surface area (Å²) in [6.07, 6.45) is 0. The number of benzene rings is 2. The Bertz CT molecular complexity index is 560. The molecule has 2 aromatic carbocycles. The second-order valence-electron chi connectivity index (χ2n) is 4.00. The average molecular weight is 230 g/mol. The summed E-state index contributed by atoms with van der Waals surface area (Å²) in [5.41, 5.74) is 0.593. The molecule has 1 atom stereocenters. The van der Waals surface area contributed by atoms with Crippen LogP contribution in [0.2, 0.25) is 0 Å². The van der Waals surface area contributed by atoms with E-state index in [0.717, 1.165) is 10.8 Å². The summed E-state index contributed by atoms with van der Waals surface area (Å²) in [7, 11) is 1.34. The van der Waals surface area contributed by atoms with E-state index in [1.54, 1.807) is 13.0 Å². The van der Waals surface area contributed by atoms with Gasteiger partial charge < -0.3 is 9.84 Å². The topological polar surface area (TPSA) is 46.5 Å². The molecule has 2 aromatic rings. The van der Waals surface area contributed by atoms with Gasteiger partial charge in [-0.15, -0.1) is 0 Å². The fourth-order valence-corrected chi connectivity index (χ4v) is 1.90. The third kappa shape index (κ3) is 2.09. The van der Waals surface area contributed by atoms with Gasteiger partial charge in [0.15, 0.2) is 0 Å². The van der Waals surface area contributed by atoms with Crippen LogP contribution in [-0.2, 0) is 9.53 Å². The van der Waals surface area contributed by atoms with Gasteiger partial charge in [0.05, 0.1) is 13.0 Å². The Morgan fingerprint density at radius 1 is 1.24 bits per heavy atom. The van der Waals surface area contributed by atoms with Crippen LogP contribution in [-0.4, -0.2) is 18.2 Å². The SMILES string of the molecule is COC(=O)C(C)c1cc2ccccc2cc1O. The summed E-state index contributed by atoms with van der Waals surface area (Å²) in [5, 5.41) is 11.9. The summed E-state index contributed by atoms with van der Waals surface area (Å²) < 4.78 is 4.68. The van der Waals surface area contributed by atoms with Crippen LogP contribution >= 0.6 is 0 Å². The quantitative estimate of drug-likeness (QED) is 0.807. The zero-order valence-corrected chi connectivity index (χ0v) is 9.81. The van der Waals surface area contributed by atoms with E-state index in [1.807, 2.05) is 30.3 Å². The van der Waals surface area contributed by atoms with Crippen LogP contribution in [0, 0.1) is 0 Å². The minimum atomic E-state index is -0.468. The highest BCUT2D eigenvalue weighted by atomic mass is 16.5. The van der Waals surface area contributed by atoms with E-state index in [0.29, 0.717) is 5.56 Å². The van der Waals surface area contributed by atoms with Crippen molar-refractivity contribution in [2.75, 3.05) is 7.11 Å². The summed E-state index contributed by atoms with van der Waals surface area (Å²) in [4.78, 5) is 11.5. The minimum absolute atomic E-state index is 0.126. The number of aromatic hydroxyl groups is 1. The van der Waals surface area contributed by atoms with Crippen LogP contribution in [0.1, 0.15) is 18.4 Å². The second-order valence-corrected chi connectivity index (χ2v) is 4.00. The van der Waals surface area contributed by atoms with Crippen molar-refractivity contribution in [3.8, 4) is 5.75 Å². The number of methoxy groups -OCH3 is 1. The predicted octanol–water partition coefficient (Wildman–Crippen LogP) is 2.82. The summed E-state index contributed by atoms with van der Waals surface area (Å²) in [6, 6.07) is 11.2.